The fourth-order valence-corrected chi connectivity index (χ4v) is 4.27. The second-order valence-electron chi connectivity index (χ2n) is 7.72. The van der Waals surface area contributed by atoms with Crippen molar-refractivity contribution in [3.8, 4) is 0 Å². The summed E-state index contributed by atoms with van der Waals surface area (Å²) < 4.78 is 0. The Bertz CT molecular complexity index is 763. The van der Waals surface area contributed by atoms with Gasteiger partial charge < -0.3 is 5.32 Å². The minimum Gasteiger partial charge on any atom is -0.348 e. The molecule has 0 atom stereocenters. The number of carbonyl (C=O) groups excluding carboxylic acids is 1. The van der Waals surface area contributed by atoms with Crippen LogP contribution in [0.5, 0.6) is 0 Å². The van der Waals surface area contributed by atoms with Crippen LogP contribution >= 0.6 is 0 Å². The largest absolute Gasteiger partial charge is 0.348 e. The first-order chi connectivity index (χ1) is 12.6. The van der Waals surface area contributed by atoms with E-state index in [2.05, 4.69) is 37.3 Å². The highest BCUT2D eigenvalue weighted by atomic mass is 16.2. The molecule has 0 aromatic carbocycles. The standard InChI is InChI=1S/C20H25N5O/c1-15-3-2-4-16(23-15)14-25-9-5-20(6-10-25)11-17(12-20)24-19(26)18-13-21-7-8-22-18/h2-4,7-8,13,17H,5-6,9-12,14H2,1H3,(H,24,26). The lowest BCUT2D eigenvalue weighted by atomic mass is 9.60. The van der Waals surface area contributed by atoms with E-state index in [0.29, 0.717) is 11.1 Å². The number of likely N-dealkylation sites (tertiary alicyclic amines) is 1. The number of hydrogen-bond acceptors (Lipinski definition) is 5. The van der Waals surface area contributed by atoms with Gasteiger partial charge in [0.1, 0.15) is 5.69 Å². The SMILES string of the molecule is Cc1cccc(CN2CCC3(CC2)CC(NC(=O)c2cnccn2)C3)n1. The maximum atomic E-state index is 12.2. The Hall–Kier alpha value is -2.34. The molecule has 2 aromatic rings. The molecule has 1 amide bonds. The summed E-state index contributed by atoms with van der Waals surface area (Å²) in [6, 6.07) is 6.51. The molecule has 0 unspecified atom stereocenters. The molecule has 136 valence electrons. The minimum absolute atomic E-state index is 0.110. The summed E-state index contributed by atoms with van der Waals surface area (Å²) in [6.45, 7) is 5.20. The van der Waals surface area contributed by atoms with Gasteiger partial charge in [0, 0.05) is 30.7 Å². The Morgan fingerprint density at radius 3 is 2.77 bits per heavy atom. The monoisotopic (exact) mass is 351 g/mol. The summed E-state index contributed by atoms with van der Waals surface area (Å²) in [7, 11) is 0. The molecule has 6 heteroatoms. The van der Waals surface area contributed by atoms with Gasteiger partial charge in [-0.05, 0) is 63.2 Å². The molecule has 1 spiro atoms. The number of aryl methyl sites for hydroxylation is 1. The van der Waals surface area contributed by atoms with Crippen LogP contribution < -0.4 is 5.32 Å². The molecular formula is C20H25N5O. The van der Waals surface area contributed by atoms with Crippen LogP contribution in [0.2, 0.25) is 0 Å². The van der Waals surface area contributed by atoms with Gasteiger partial charge >= 0.3 is 0 Å². The quantitative estimate of drug-likeness (QED) is 0.916. The zero-order valence-electron chi connectivity index (χ0n) is 15.2. The molecule has 1 saturated carbocycles. The highest BCUT2D eigenvalue weighted by Crippen LogP contribution is 2.49. The Labute approximate surface area is 154 Å². The average molecular weight is 351 g/mol. The summed E-state index contributed by atoms with van der Waals surface area (Å²) >= 11 is 0. The highest BCUT2D eigenvalue weighted by Gasteiger charge is 2.46. The average Bonchev–Trinajstić information content (AvgIpc) is 2.63. The van der Waals surface area contributed by atoms with Gasteiger partial charge in [-0.15, -0.1) is 0 Å². The Balaban J connectivity index is 1.24. The number of carbonyl (C=O) groups is 1. The molecule has 2 fully saturated rings. The molecule has 2 aromatic heterocycles. The van der Waals surface area contributed by atoms with Crippen LogP contribution in [0.15, 0.2) is 36.8 Å². The number of rotatable bonds is 4. The van der Waals surface area contributed by atoms with Crippen LogP contribution in [0.1, 0.15) is 47.6 Å². The smallest absolute Gasteiger partial charge is 0.271 e. The van der Waals surface area contributed by atoms with Crippen molar-refractivity contribution >= 4 is 5.91 Å². The van der Waals surface area contributed by atoms with Crippen molar-refractivity contribution < 1.29 is 4.79 Å². The van der Waals surface area contributed by atoms with E-state index in [9.17, 15) is 4.79 Å². The predicted molar refractivity (Wildman–Crippen MR) is 98.4 cm³/mol. The van der Waals surface area contributed by atoms with E-state index >= 15 is 0 Å². The molecule has 1 aliphatic carbocycles. The Kier molecular flexibility index (Phi) is 4.68. The second-order valence-corrected chi connectivity index (χ2v) is 7.72. The molecule has 0 radical (unpaired) electrons. The van der Waals surface area contributed by atoms with E-state index < -0.39 is 0 Å². The molecule has 26 heavy (non-hydrogen) atoms. The zero-order chi connectivity index (χ0) is 18.0. The summed E-state index contributed by atoms with van der Waals surface area (Å²) in [5, 5.41) is 3.10. The molecule has 3 heterocycles. The lowest BCUT2D eigenvalue weighted by Crippen LogP contribution is -2.54. The van der Waals surface area contributed by atoms with Crippen molar-refractivity contribution in [3.05, 3.63) is 53.9 Å². The van der Waals surface area contributed by atoms with Crippen molar-refractivity contribution in [1.29, 1.82) is 0 Å². The molecule has 6 nitrogen and oxygen atoms in total. The van der Waals surface area contributed by atoms with Crippen LogP contribution in [-0.4, -0.2) is 44.9 Å². The molecule has 2 aliphatic rings. The number of pyridine rings is 1. The van der Waals surface area contributed by atoms with Gasteiger partial charge in [0.15, 0.2) is 0 Å². The maximum Gasteiger partial charge on any atom is 0.271 e. The van der Waals surface area contributed by atoms with Gasteiger partial charge in [-0.3, -0.25) is 19.7 Å². The number of nitrogens with one attached hydrogen (secondary N) is 1. The predicted octanol–water partition coefficient (Wildman–Crippen LogP) is 2.35. The van der Waals surface area contributed by atoms with E-state index in [-0.39, 0.29) is 11.9 Å². The number of aromatic nitrogens is 3. The minimum atomic E-state index is -0.110. The van der Waals surface area contributed by atoms with Crippen molar-refractivity contribution in [1.82, 2.24) is 25.2 Å². The fourth-order valence-electron chi connectivity index (χ4n) is 4.27. The van der Waals surface area contributed by atoms with Crippen LogP contribution in [0.25, 0.3) is 0 Å². The van der Waals surface area contributed by atoms with Gasteiger partial charge in [-0.2, -0.15) is 0 Å². The van der Waals surface area contributed by atoms with E-state index in [1.165, 1.54) is 19.0 Å². The first kappa shape index (κ1) is 17.1. The fraction of sp³-hybridized carbons (Fsp3) is 0.500. The van der Waals surface area contributed by atoms with Crippen molar-refractivity contribution in [2.24, 2.45) is 5.41 Å². The van der Waals surface area contributed by atoms with Gasteiger partial charge in [0.2, 0.25) is 0 Å². The lowest BCUT2D eigenvalue weighted by molar-refractivity contribution is 0.00428. The number of nitrogens with zero attached hydrogens (tertiary/aromatic N) is 4. The number of hydrogen-bond donors (Lipinski definition) is 1. The van der Waals surface area contributed by atoms with Gasteiger partial charge in [-0.1, -0.05) is 6.07 Å². The summed E-state index contributed by atoms with van der Waals surface area (Å²) in [4.78, 5) is 27.3. The molecule has 4 rings (SSSR count). The van der Waals surface area contributed by atoms with E-state index in [1.54, 1.807) is 12.4 Å². The third-order valence-electron chi connectivity index (χ3n) is 5.74. The van der Waals surface area contributed by atoms with Crippen molar-refractivity contribution in [2.45, 2.75) is 45.2 Å². The maximum absolute atomic E-state index is 12.2. The topological polar surface area (TPSA) is 71.0 Å². The number of piperidine rings is 1. The molecule has 1 N–H and O–H groups in total. The molecule has 1 aliphatic heterocycles. The number of amides is 1. The van der Waals surface area contributed by atoms with Gasteiger partial charge in [0.25, 0.3) is 5.91 Å². The Morgan fingerprint density at radius 2 is 2.08 bits per heavy atom. The molecule has 1 saturated heterocycles. The van der Waals surface area contributed by atoms with Crippen LogP contribution in [0.4, 0.5) is 0 Å². The van der Waals surface area contributed by atoms with E-state index in [0.717, 1.165) is 43.9 Å². The van der Waals surface area contributed by atoms with Gasteiger partial charge in [0.05, 0.1) is 11.9 Å². The highest BCUT2D eigenvalue weighted by molar-refractivity contribution is 5.92. The lowest BCUT2D eigenvalue weighted by Gasteiger charge is -2.52. The van der Waals surface area contributed by atoms with E-state index in [1.807, 2.05) is 13.0 Å². The third kappa shape index (κ3) is 3.75. The second kappa shape index (κ2) is 7.11. The molecular weight excluding hydrogens is 326 g/mol. The van der Waals surface area contributed by atoms with Gasteiger partial charge in [-0.25, -0.2) is 4.98 Å². The van der Waals surface area contributed by atoms with Crippen LogP contribution in [-0.2, 0) is 6.54 Å². The van der Waals surface area contributed by atoms with Crippen LogP contribution in [0, 0.1) is 12.3 Å². The van der Waals surface area contributed by atoms with Crippen molar-refractivity contribution in [3.63, 3.8) is 0 Å². The summed E-state index contributed by atoms with van der Waals surface area (Å²) in [5.74, 6) is -0.110. The first-order valence-corrected chi connectivity index (χ1v) is 9.34. The van der Waals surface area contributed by atoms with Crippen molar-refractivity contribution in [2.75, 3.05) is 13.1 Å². The van der Waals surface area contributed by atoms with Crippen LogP contribution in [0.3, 0.4) is 0 Å². The Morgan fingerprint density at radius 1 is 1.27 bits per heavy atom. The summed E-state index contributed by atoms with van der Waals surface area (Å²) in [6.07, 6.45) is 9.21. The third-order valence-corrected chi connectivity index (χ3v) is 5.74. The first-order valence-electron chi connectivity index (χ1n) is 9.34. The van der Waals surface area contributed by atoms with E-state index in [4.69, 9.17) is 0 Å². The zero-order valence-corrected chi connectivity index (χ0v) is 15.2. The normalized spacial score (nSPS) is 19.9. The summed E-state index contributed by atoms with van der Waals surface area (Å²) in [5.41, 5.74) is 3.05. The molecule has 0 bridgehead atoms.